The Hall–Kier alpha value is -4.65. The Balaban J connectivity index is 1.52. The Morgan fingerprint density at radius 1 is 1.18 bits per heavy atom. The standard InChI is InChI=1S/C26H23F2N7O3S/c1-13-6-4-5-7-19(13)38-12-35-9-8-17(33-35)25(37)32-21-20-15(16-11-30-34(3)14(16)2)10-18(23(27)28)31-26(20)39-22(21)24(29)36/h4-11,23H,12H2,1-3H3,(H2,29,36)(H,32,37). The summed E-state index contributed by atoms with van der Waals surface area (Å²) in [6.07, 6.45) is 0.255. The fraction of sp³-hybridized carbons (Fsp3) is 0.192. The Bertz CT molecular complexity index is 1720. The van der Waals surface area contributed by atoms with Gasteiger partial charge in [-0.1, -0.05) is 18.2 Å². The number of hydrogen-bond donors (Lipinski definition) is 2. The molecule has 13 heteroatoms. The number of carbonyl (C=O) groups excluding carboxylic acids is 2. The van der Waals surface area contributed by atoms with Gasteiger partial charge < -0.3 is 15.8 Å². The van der Waals surface area contributed by atoms with Crippen LogP contribution in [0.3, 0.4) is 0 Å². The average molecular weight is 552 g/mol. The van der Waals surface area contributed by atoms with Crippen molar-refractivity contribution in [3.8, 4) is 16.9 Å². The number of para-hydroxylation sites is 1. The third kappa shape index (κ3) is 4.95. The fourth-order valence-corrected chi connectivity index (χ4v) is 5.10. The topological polar surface area (TPSA) is 130 Å². The van der Waals surface area contributed by atoms with E-state index in [1.54, 1.807) is 24.9 Å². The highest BCUT2D eigenvalue weighted by Gasteiger charge is 2.26. The lowest BCUT2D eigenvalue weighted by molar-refractivity contribution is 0.100. The lowest BCUT2D eigenvalue weighted by atomic mass is 10.0. The van der Waals surface area contributed by atoms with Gasteiger partial charge in [0.1, 0.15) is 21.2 Å². The molecule has 0 atom stereocenters. The van der Waals surface area contributed by atoms with Crippen molar-refractivity contribution in [1.29, 1.82) is 0 Å². The predicted octanol–water partition coefficient (Wildman–Crippen LogP) is 4.84. The second-order valence-corrected chi connectivity index (χ2v) is 9.75. The van der Waals surface area contributed by atoms with Gasteiger partial charge in [0.2, 0.25) is 0 Å². The summed E-state index contributed by atoms with van der Waals surface area (Å²) in [5, 5.41) is 11.5. The van der Waals surface area contributed by atoms with Gasteiger partial charge in [0, 0.05) is 29.9 Å². The molecule has 0 saturated carbocycles. The van der Waals surface area contributed by atoms with Crippen LogP contribution in [0.4, 0.5) is 14.5 Å². The first-order valence-corrected chi connectivity index (χ1v) is 12.5. The number of thiophene rings is 1. The van der Waals surface area contributed by atoms with Crippen LogP contribution in [0.5, 0.6) is 5.75 Å². The number of anilines is 1. The van der Waals surface area contributed by atoms with Gasteiger partial charge in [-0.15, -0.1) is 11.3 Å². The van der Waals surface area contributed by atoms with Gasteiger partial charge in [0.05, 0.1) is 11.9 Å². The van der Waals surface area contributed by atoms with Crippen molar-refractivity contribution in [1.82, 2.24) is 24.5 Å². The molecule has 5 rings (SSSR count). The van der Waals surface area contributed by atoms with Crippen molar-refractivity contribution in [2.45, 2.75) is 27.0 Å². The number of ether oxygens (including phenoxy) is 1. The molecule has 0 saturated heterocycles. The third-order valence-corrected chi connectivity index (χ3v) is 7.31. The number of amides is 2. The van der Waals surface area contributed by atoms with E-state index < -0.39 is 23.9 Å². The fourth-order valence-electron chi connectivity index (χ4n) is 4.08. The summed E-state index contributed by atoms with van der Waals surface area (Å²) in [6, 6.07) is 10.2. The van der Waals surface area contributed by atoms with Crippen LogP contribution in [0.1, 0.15) is 43.5 Å². The predicted molar refractivity (Wildman–Crippen MR) is 142 cm³/mol. The molecule has 200 valence electrons. The molecule has 1 aromatic carbocycles. The summed E-state index contributed by atoms with van der Waals surface area (Å²) in [5.41, 5.74) is 7.81. The monoisotopic (exact) mass is 551 g/mol. The number of benzene rings is 1. The number of rotatable bonds is 8. The maximum atomic E-state index is 13.7. The van der Waals surface area contributed by atoms with E-state index in [0.717, 1.165) is 16.9 Å². The van der Waals surface area contributed by atoms with Crippen LogP contribution in [-0.4, -0.2) is 36.4 Å². The van der Waals surface area contributed by atoms with Crippen LogP contribution < -0.4 is 15.8 Å². The molecule has 0 radical (unpaired) electrons. The molecule has 5 aromatic rings. The van der Waals surface area contributed by atoms with Crippen LogP contribution in [0.15, 0.2) is 48.8 Å². The molecule has 0 spiro atoms. The summed E-state index contributed by atoms with van der Waals surface area (Å²) < 4.78 is 36.3. The molecule has 10 nitrogen and oxygen atoms in total. The van der Waals surface area contributed by atoms with Gasteiger partial charge in [0.25, 0.3) is 18.2 Å². The second kappa shape index (κ2) is 10.3. The van der Waals surface area contributed by atoms with Gasteiger partial charge in [-0.25, -0.2) is 18.4 Å². The molecule has 0 fully saturated rings. The zero-order valence-electron chi connectivity index (χ0n) is 21.1. The number of aromatic nitrogens is 5. The number of pyridine rings is 1. The van der Waals surface area contributed by atoms with Gasteiger partial charge in [0.15, 0.2) is 12.4 Å². The normalized spacial score (nSPS) is 11.3. The molecular weight excluding hydrogens is 528 g/mol. The van der Waals surface area contributed by atoms with Crippen LogP contribution >= 0.6 is 11.3 Å². The number of nitrogens with one attached hydrogen (secondary N) is 1. The highest BCUT2D eigenvalue weighted by molar-refractivity contribution is 7.21. The molecule has 0 bridgehead atoms. The molecular formula is C26H23F2N7O3S. The summed E-state index contributed by atoms with van der Waals surface area (Å²) in [4.78, 5) is 29.7. The van der Waals surface area contributed by atoms with Gasteiger partial charge in [-0.3, -0.25) is 14.3 Å². The Morgan fingerprint density at radius 2 is 1.95 bits per heavy atom. The quantitative estimate of drug-likeness (QED) is 0.284. The van der Waals surface area contributed by atoms with E-state index in [-0.39, 0.29) is 27.8 Å². The smallest absolute Gasteiger partial charge is 0.280 e. The van der Waals surface area contributed by atoms with E-state index >= 15 is 0 Å². The molecule has 0 unspecified atom stereocenters. The van der Waals surface area contributed by atoms with Crippen molar-refractivity contribution in [2.24, 2.45) is 12.8 Å². The zero-order chi connectivity index (χ0) is 27.8. The maximum absolute atomic E-state index is 13.7. The van der Waals surface area contributed by atoms with Crippen molar-refractivity contribution in [3.05, 3.63) is 76.3 Å². The lowest BCUT2D eigenvalue weighted by Crippen LogP contribution is -2.18. The minimum atomic E-state index is -2.85. The van der Waals surface area contributed by atoms with Crippen LogP contribution in [0, 0.1) is 13.8 Å². The number of carbonyl (C=O) groups is 2. The van der Waals surface area contributed by atoms with E-state index in [0.29, 0.717) is 28.0 Å². The second-order valence-electron chi connectivity index (χ2n) is 8.75. The first kappa shape index (κ1) is 26.0. The number of nitrogens with zero attached hydrogens (tertiary/aromatic N) is 5. The Labute approximate surface area is 225 Å². The Kier molecular flexibility index (Phi) is 6.83. The van der Waals surface area contributed by atoms with Crippen LogP contribution in [-0.2, 0) is 13.8 Å². The number of nitrogens with two attached hydrogens (primary N) is 1. The molecule has 0 aliphatic rings. The van der Waals surface area contributed by atoms with Crippen molar-refractivity contribution in [2.75, 3.05) is 5.32 Å². The van der Waals surface area contributed by atoms with Crippen LogP contribution in [0.2, 0.25) is 0 Å². The van der Waals surface area contributed by atoms with E-state index in [1.165, 1.54) is 23.0 Å². The lowest BCUT2D eigenvalue weighted by Gasteiger charge is -2.10. The van der Waals surface area contributed by atoms with Crippen molar-refractivity contribution >= 4 is 39.1 Å². The van der Waals surface area contributed by atoms with Gasteiger partial charge in [-0.2, -0.15) is 10.2 Å². The number of aryl methyl sites for hydroxylation is 2. The van der Waals surface area contributed by atoms with Gasteiger partial charge >= 0.3 is 0 Å². The number of alkyl halides is 2. The maximum Gasteiger partial charge on any atom is 0.280 e. The molecule has 0 aliphatic carbocycles. The SMILES string of the molecule is Cc1ccccc1OCn1ccc(C(=O)Nc2c(C(N)=O)sc3nc(C(F)F)cc(-c4cnn(C)c4C)c23)n1. The van der Waals surface area contributed by atoms with Crippen LogP contribution in [0.25, 0.3) is 21.3 Å². The van der Waals surface area contributed by atoms with Crippen molar-refractivity contribution in [3.63, 3.8) is 0 Å². The molecule has 3 N–H and O–H groups in total. The van der Waals surface area contributed by atoms with E-state index in [9.17, 15) is 18.4 Å². The molecule has 0 aliphatic heterocycles. The van der Waals surface area contributed by atoms with Gasteiger partial charge in [-0.05, 0) is 43.2 Å². The molecule has 2 amide bonds. The third-order valence-electron chi connectivity index (χ3n) is 6.21. The highest BCUT2D eigenvalue weighted by Crippen LogP contribution is 2.43. The first-order valence-electron chi connectivity index (χ1n) is 11.7. The minimum Gasteiger partial charge on any atom is -0.471 e. The summed E-state index contributed by atoms with van der Waals surface area (Å²) in [7, 11) is 1.72. The Morgan fingerprint density at radius 3 is 2.62 bits per heavy atom. The van der Waals surface area contributed by atoms with Crippen molar-refractivity contribution < 1.29 is 23.1 Å². The summed E-state index contributed by atoms with van der Waals surface area (Å²) in [6.45, 7) is 3.76. The van der Waals surface area contributed by atoms with E-state index in [2.05, 4.69) is 20.5 Å². The highest BCUT2D eigenvalue weighted by atomic mass is 32.1. The first-order chi connectivity index (χ1) is 18.6. The summed E-state index contributed by atoms with van der Waals surface area (Å²) >= 11 is 0.828. The molecule has 4 heterocycles. The summed E-state index contributed by atoms with van der Waals surface area (Å²) in [5.74, 6) is -0.778. The number of halogens is 2. The zero-order valence-corrected chi connectivity index (χ0v) is 21.9. The largest absolute Gasteiger partial charge is 0.471 e. The van der Waals surface area contributed by atoms with E-state index in [1.807, 2.05) is 31.2 Å². The molecule has 39 heavy (non-hydrogen) atoms. The average Bonchev–Trinajstić information content (AvgIpc) is 3.61. The van der Waals surface area contributed by atoms with E-state index in [4.69, 9.17) is 10.5 Å². The number of primary amides is 1. The molecule has 4 aromatic heterocycles. The minimum absolute atomic E-state index is 0.0256. The number of hydrogen-bond acceptors (Lipinski definition) is 7. The number of fused-ring (bicyclic) bond motifs is 1.